The summed E-state index contributed by atoms with van der Waals surface area (Å²) in [4.78, 5) is 14.5. The zero-order valence-electron chi connectivity index (χ0n) is 13.7. The molecule has 7 heteroatoms. The van der Waals surface area contributed by atoms with E-state index >= 15 is 0 Å². The molecule has 0 spiro atoms. The predicted molar refractivity (Wildman–Crippen MR) is 86.9 cm³/mol. The molecule has 124 valence electrons. The molecular formula is C16H24N6O. The fourth-order valence-corrected chi connectivity index (χ4v) is 3.16. The van der Waals surface area contributed by atoms with Gasteiger partial charge in [-0.1, -0.05) is 0 Å². The van der Waals surface area contributed by atoms with Crippen molar-refractivity contribution >= 4 is 6.03 Å². The monoisotopic (exact) mass is 316 g/mol. The van der Waals surface area contributed by atoms with Crippen LogP contribution in [0.4, 0.5) is 4.79 Å². The molecule has 1 atom stereocenters. The van der Waals surface area contributed by atoms with Crippen molar-refractivity contribution in [1.82, 2.24) is 30.2 Å². The lowest BCUT2D eigenvalue weighted by molar-refractivity contribution is 0.151. The molecule has 0 aromatic carbocycles. The smallest absolute Gasteiger partial charge is 0.317 e. The van der Waals surface area contributed by atoms with Crippen LogP contribution in [0.5, 0.6) is 0 Å². The number of aryl methyl sites for hydroxylation is 1. The molecule has 1 fully saturated rings. The Morgan fingerprint density at radius 3 is 3.00 bits per heavy atom. The summed E-state index contributed by atoms with van der Waals surface area (Å²) < 4.78 is 1.86. The SMILES string of the molecule is Cc1c(CCNC(=O)N2CCCCC2c2cn[nH]c2)cnn1C. The lowest BCUT2D eigenvalue weighted by Gasteiger charge is -2.35. The van der Waals surface area contributed by atoms with Crippen LogP contribution >= 0.6 is 0 Å². The van der Waals surface area contributed by atoms with Gasteiger partial charge in [0.05, 0.1) is 18.4 Å². The molecule has 2 N–H and O–H groups in total. The fraction of sp³-hybridized carbons (Fsp3) is 0.562. The predicted octanol–water partition coefficient (Wildman–Crippen LogP) is 1.93. The van der Waals surface area contributed by atoms with Gasteiger partial charge < -0.3 is 10.2 Å². The lowest BCUT2D eigenvalue weighted by atomic mass is 9.98. The van der Waals surface area contributed by atoms with Gasteiger partial charge in [0.2, 0.25) is 0 Å². The van der Waals surface area contributed by atoms with Gasteiger partial charge in [0.25, 0.3) is 0 Å². The van der Waals surface area contributed by atoms with E-state index in [1.54, 1.807) is 0 Å². The summed E-state index contributed by atoms with van der Waals surface area (Å²) in [5, 5.41) is 14.1. The summed E-state index contributed by atoms with van der Waals surface area (Å²) in [5.41, 5.74) is 3.41. The number of hydrogen-bond donors (Lipinski definition) is 2. The minimum absolute atomic E-state index is 0.0115. The van der Waals surface area contributed by atoms with Crippen molar-refractivity contribution in [3.05, 3.63) is 35.4 Å². The Morgan fingerprint density at radius 2 is 2.30 bits per heavy atom. The molecule has 0 aliphatic carbocycles. The van der Waals surface area contributed by atoms with Gasteiger partial charge in [-0.25, -0.2) is 4.79 Å². The number of hydrogen-bond acceptors (Lipinski definition) is 3. The molecule has 2 aromatic rings. The van der Waals surface area contributed by atoms with Crippen LogP contribution in [0.2, 0.25) is 0 Å². The maximum atomic E-state index is 12.5. The van der Waals surface area contributed by atoms with Gasteiger partial charge in [-0.15, -0.1) is 0 Å². The average Bonchev–Trinajstić information content (AvgIpc) is 3.20. The third kappa shape index (κ3) is 3.38. The van der Waals surface area contributed by atoms with Gasteiger partial charge in [-0.2, -0.15) is 10.2 Å². The highest BCUT2D eigenvalue weighted by atomic mass is 16.2. The molecule has 7 nitrogen and oxygen atoms in total. The minimum atomic E-state index is 0.0115. The van der Waals surface area contributed by atoms with Crippen LogP contribution in [0.3, 0.4) is 0 Å². The number of carbonyl (C=O) groups excluding carboxylic acids is 1. The first kappa shape index (κ1) is 15.6. The van der Waals surface area contributed by atoms with Gasteiger partial charge in [-0.3, -0.25) is 9.78 Å². The summed E-state index contributed by atoms with van der Waals surface area (Å²) in [7, 11) is 1.93. The summed E-state index contributed by atoms with van der Waals surface area (Å²) in [5.74, 6) is 0. The maximum absolute atomic E-state index is 12.5. The molecule has 0 radical (unpaired) electrons. The molecule has 2 aromatic heterocycles. The maximum Gasteiger partial charge on any atom is 0.317 e. The number of piperidine rings is 1. The number of likely N-dealkylation sites (tertiary alicyclic amines) is 1. The van der Waals surface area contributed by atoms with E-state index in [-0.39, 0.29) is 12.1 Å². The van der Waals surface area contributed by atoms with Crippen LogP contribution in [0.1, 0.15) is 42.1 Å². The number of H-pyrrole nitrogens is 1. The number of urea groups is 1. The first-order valence-electron chi connectivity index (χ1n) is 8.17. The molecule has 1 saturated heterocycles. The highest BCUT2D eigenvalue weighted by molar-refractivity contribution is 5.74. The zero-order valence-corrected chi connectivity index (χ0v) is 13.7. The quantitative estimate of drug-likeness (QED) is 0.904. The second-order valence-electron chi connectivity index (χ2n) is 6.10. The van der Waals surface area contributed by atoms with E-state index in [2.05, 4.69) is 20.6 Å². The van der Waals surface area contributed by atoms with E-state index in [1.807, 2.05) is 42.1 Å². The van der Waals surface area contributed by atoms with Crippen molar-refractivity contribution in [1.29, 1.82) is 0 Å². The highest BCUT2D eigenvalue weighted by Gasteiger charge is 2.28. The number of aromatic nitrogens is 4. The molecule has 1 aliphatic heterocycles. The summed E-state index contributed by atoms with van der Waals surface area (Å²) >= 11 is 0. The van der Waals surface area contributed by atoms with E-state index in [4.69, 9.17) is 0 Å². The summed E-state index contributed by atoms with van der Waals surface area (Å²) in [6.07, 6.45) is 9.57. The van der Waals surface area contributed by atoms with Crippen molar-refractivity contribution in [3.63, 3.8) is 0 Å². The van der Waals surface area contributed by atoms with Gasteiger partial charge in [-0.05, 0) is 38.2 Å². The molecule has 1 unspecified atom stereocenters. The van der Waals surface area contributed by atoms with Crippen LogP contribution in [0.25, 0.3) is 0 Å². The topological polar surface area (TPSA) is 78.8 Å². The summed E-state index contributed by atoms with van der Waals surface area (Å²) in [6, 6.07) is 0.139. The van der Waals surface area contributed by atoms with Crippen molar-refractivity contribution in [2.24, 2.45) is 7.05 Å². The van der Waals surface area contributed by atoms with Crippen LogP contribution < -0.4 is 5.32 Å². The van der Waals surface area contributed by atoms with E-state index in [0.29, 0.717) is 6.54 Å². The van der Waals surface area contributed by atoms with Crippen molar-refractivity contribution in [2.75, 3.05) is 13.1 Å². The van der Waals surface area contributed by atoms with Crippen LogP contribution in [0, 0.1) is 6.92 Å². The highest BCUT2D eigenvalue weighted by Crippen LogP contribution is 2.30. The Bertz CT molecular complexity index is 648. The molecule has 23 heavy (non-hydrogen) atoms. The zero-order chi connectivity index (χ0) is 16.2. The molecule has 1 aliphatic rings. The van der Waals surface area contributed by atoms with Gasteiger partial charge in [0.1, 0.15) is 0 Å². The van der Waals surface area contributed by atoms with Crippen molar-refractivity contribution in [2.45, 2.75) is 38.6 Å². The number of nitrogens with zero attached hydrogens (tertiary/aromatic N) is 4. The number of rotatable bonds is 4. The second kappa shape index (κ2) is 6.85. The molecule has 3 heterocycles. The van der Waals surface area contributed by atoms with E-state index in [1.165, 1.54) is 5.56 Å². The normalized spacial score (nSPS) is 18.2. The molecule has 3 rings (SSSR count). The second-order valence-corrected chi connectivity index (χ2v) is 6.10. The minimum Gasteiger partial charge on any atom is -0.338 e. The van der Waals surface area contributed by atoms with Crippen LogP contribution in [-0.4, -0.2) is 44.0 Å². The third-order valence-corrected chi connectivity index (χ3v) is 4.68. The summed E-state index contributed by atoms with van der Waals surface area (Å²) in [6.45, 7) is 3.47. The average molecular weight is 316 g/mol. The Labute approximate surface area is 136 Å². The van der Waals surface area contributed by atoms with E-state index in [9.17, 15) is 4.79 Å². The van der Waals surface area contributed by atoms with Crippen LogP contribution in [-0.2, 0) is 13.5 Å². The molecule has 2 amide bonds. The first-order chi connectivity index (χ1) is 11.2. The van der Waals surface area contributed by atoms with Gasteiger partial charge >= 0.3 is 6.03 Å². The largest absolute Gasteiger partial charge is 0.338 e. The first-order valence-corrected chi connectivity index (χ1v) is 8.17. The lowest BCUT2D eigenvalue weighted by Crippen LogP contribution is -2.45. The number of amides is 2. The van der Waals surface area contributed by atoms with E-state index in [0.717, 1.165) is 43.5 Å². The van der Waals surface area contributed by atoms with Crippen molar-refractivity contribution in [3.8, 4) is 0 Å². The third-order valence-electron chi connectivity index (χ3n) is 4.68. The molecule has 0 bridgehead atoms. The standard InChI is InChI=1S/C16H24N6O/c1-12-13(11-20-21(12)2)6-7-17-16(23)22-8-4-3-5-15(22)14-9-18-19-10-14/h9-11,15H,3-8H2,1-2H3,(H,17,23)(H,18,19). The molecule has 0 saturated carbocycles. The fourth-order valence-electron chi connectivity index (χ4n) is 3.16. The number of carbonyl (C=O) groups is 1. The Hall–Kier alpha value is -2.31. The molecular weight excluding hydrogens is 292 g/mol. The van der Waals surface area contributed by atoms with E-state index < -0.39 is 0 Å². The Balaban J connectivity index is 1.57. The van der Waals surface area contributed by atoms with Gasteiger partial charge in [0.15, 0.2) is 0 Å². The Kier molecular flexibility index (Phi) is 4.64. The number of aromatic amines is 1. The van der Waals surface area contributed by atoms with Crippen molar-refractivity contribution < 1.29 is 4.79 Å². The van der Waals surface area contributed by atoms with Gasteiger partial charge in [0, 0.05) is 37.6 Å². The van der Waals surface area contributed by atoms with Crippen LogP contribution in [0.15, 0.2) is 18.6 Å². The number of nitrogens with one attached hydrogen (secondary N) is 2. The Morgan fingerprint density at radius 1 is 1.43 bits per heavy atom.